The van der Waals surface area contributed by atoms with Gasteiger partial charge in [-0.2, -0.15) is 5.26 Å². The SMILES string of the molecule is N#Cc1cc(-c2ccnc3c2cc(-c2ccc(N4CC5(COC5)C4)cc2)n3S(=O)c2ccccc2)ccc1OC1CCOCC1. The minimum absolute atomic E-state index is 0.0368. The van der Waals surface area contributed by atoms with Gasteiger partial charge in [0.05, 0.1) is 48.0 Å². The van der Waals surface area contributed by atoms with Crippen LogP contribution in [0.1, 0.15) is 18.4 Å². The van der Waals surface area contributed by atoms with Crippen molar-refractivity contribution in [1.29, 1.82) is 5.26 Å². The molecule has 0 aliphatic carbocycles. The van der Waals surface area contributed by atoms with Crippen molar-refractivity contribution in [3.8, 4) is 34.2 Å². The Balaban J connectivity index is 1.19. The number of ether oxygens (including phenoxy) is 3. The van der Waals surface area contributed by atoms with Crippen molar-refractivity contribution in [3.63, 3.8) is 0 Å². The summed E-state index contributed by atoms with van der Waals surface area (Å²) >= 11 is 0. The number of anilines is 1. The van der Waals surface area contributed by atoms with Crippen LogP contribution in [0.2, 0.25) is 0 Å². The number of nitriles is 1. The first kappa shape index (κ1) is 28.0. The Labute approximate surface area is 264 Å². The first-order chi connectivity index (χ1) is 22.1. The Kier molecular flexibility index (Phi) is 7.13. The molecule has 5 heterocycles. The highest BCUT2D eigenvalue weighted by molar-refractivity contribution is 7.83. The van der Waals surface area contributed by atoms with Gasteiger partial charge in [0.15, 0.2) is 16.6 Å². The van der Waals surface area contributed by atoms with Gasteiger partial charge in [-0.25, -0.2) is 13.2 Å². The fourth-order valence-electron chi connectivity index (χ4n) is 6.56. The summed E-state index contributed by atoms with van der Waals surface area (Å²) in [6.07, 6.45) is 3.39. The van der Waals surface area contributed by atoms with Crippen molar-refractivity contribution < 1.29 is 18.4 Å². The van der Waals surface area contributed by atoms with E-state index < -0.39 is 11.0 Å². The zero-order chi connectivity index (χ0) is 30.4. The number of nitrogens with zero attached hydrogens (tertiary/aromatic N) is 4. The number of benzene rings is 3. The first-order valence-corrected chi connectivity index (χ1v) is 16.4. The molecular weight excluding hydrogens is 584 g/mol. The number of rotatable bonds is 7. The van der Waals surface area contributed by atoms with Gasteiger partial charge in [-0.1, -0.05) is 36.4 Å². The number of pyridine rings is 1. The quantitative estimate of drug-likeness (QED) is 0.215. The van der Waals surface area contributed by atoms with E-state index in [1.165, 1.54) is 5.69 Å². The normalized spacial score (nSPS) is 18.2. The lowest BCUT2D eigenvalue weighted by atomic mass is 9.78. The summed E-state index contributed by atoms with van der Waals surface area (Å²) in [6, 6.07) is 30.0. The van der Waals surface area contributed by atoms with Crippen LogP contribution >= 0.6 is 0 Å². The van der Waals surface area contributed by atoms with Crippen LogP contribution in [-0.4, -0.2) is 58.8 Å². The molecule has 226 valence electrons. The van der Waals surface area contributed by atoms with E-state index in [2.05, 4.69) is 41.3 Å². The van der Waals surface area contributed by atoms with Crippen LogP contribution in [-0.2, 0) is 20.5 Å². The third-order valence-electron chi connectivity index (χ3n) is 9.04. The lowest BCUT2D eigenvalue weighted by molar-refractivity contribution is -0.127. The second kappa shape index (κ2) is 11.5. The average molecular weight is 617 g/mol. The van der Waals surface area contributed by atoms with E-state index in [9.17, 15) is 9.47 Å². The number of aromatic nitrogens is 2. The zero-order valence-electron chi connectivity index (χ0n) is 24.7. The van der Waals surface area contributed by atoms with Crippen LogP contribution in [0.25, 0.3) is 33.4 Å². The summed E-state index contributed by atoms with van der Waals surface area (Å²) in [4.78, 5) is 7.82. The van der Waals surface area contributed by atoms with E-state index in [0.717, 1.165) is 66.9 Å². The van der Waals surface area contributed by atoms with Crippen molar-refractivity contribution in [1.82, 2.24) is 8.96 Å². The largest absolute Gasteiger partial charge is 0.489 e. The average Bonchev–Trinajstić information content (AvgIpc) is 3.44. The van der Waals surface area contributed by atoms with Crippen molar-refractivity contribution >= 4 is 27.7 Å². The fraction of sp³-hybridized carbons (Fsp3) is 0.278. The van der Waals surface area contributed by atoms with Crippen molar-refractivity contribution in [2.45, 2.75) is 23.8 Å². The standard InChI is InChI=1S/C36H32N4O4S/c37-20-27-18-26(8-11-34(27)44-29-13-16-42-17-14-29)31-12-15-38-35-32(31)19-33(40(35)45(41)30-4-2-1-3-5-30)25-6-9-28(10-7-25)39-21-36(22-39)23-43-24-36/h1-12,15,18-19,29H,13-14,16-17,21-24H2. The summed E-state index contributed by atoms with van der Waals surface area (Å²) in [5.74, 6) is 0.583. The summed E-state index contributed by atoms with van der Waals surface area (Å²) in [5, 5.41) is 10.9. The van der Waals surface area contributed by atoms with E-state index in [4.69, 9.17) is 19.2 Å². The Morgan fingerprint density at radius 2 is 1.67 bits per heavy atom. The summed E-state index contributed by atoms with van der Waals surface area (Å²) < 4.78 is 33.1. The lowest BCUT2D eigenvalue weighted by Gasteiger charge is -2.56. The molecule has 3 fully saturated rings. The minimum atomic E-state index is -1.54. The van der Waals surface area contributed by atoms with Crippen LogP contribution in [0.5, 0.6) is 5.75 Å². The molecule has 8 nitrogen and oxygen atoms in total. The first-order valence-electron chi connectivity index (χ1n) is 15.3. The van der Waals surface area contributed by atoms with Crippen LogP contribution in [0.15, 0.2) is 96.0 Å². The second-order valence-electron chi connectivity index (χ2n) is 12.1. The third kappa shape index (κ3) is 5.09. The molecule has 5 aromatic rings. The van der Waals surface area contributed by atoms with Gasteiger partial charge in [0.1, 0.15) is 17.9 Å². The molecular formula is C36H32N4O4S. The predicted molar refractivity (Wildman–Crippen MR) is 174 cm³/mol. The van der Waals surface area contributed by atoms with Gasteiger partial charge in [0.25, 0.3) is 0 Å². The number of hydrogen-bond acceptors (Lipinski definition) is 7. The highest BCUT2D eigenvalue weighted by Gasteiger charge is 2.49. The highest BCUT2D eigenvalue weighted by atomic mass is 32.2. The maximum Gasteiger partial charge on any atom is 0.158 e. The van der Waals surface area contributed by atoms with Gasteiger partial charge >= 0.3 is 0 Å². The highest BCUT2D eigenvalue weighted by Crippen LogP contribution is 2.41. The molecule has 8 rings (SSSR count). The van der Waals surface area contributed by atoms with Crippen LogP contribution < -0.4 is 9.64 Å². The van der Waals surface area contributed by atoms with Gasteiger partial charge < -0.3 is 19.1 Å². The molecule has 3 aliphatic heterocycles. The van der Waals surface area contributed by atoms with Crippen LogP contribution in [0, 0.1) is 16.7 Å². The van der Waals surface area contributed by atoms with Gasteiger partial charge in [-0.3, -0.25) is 0 Å². The van der Waals surface area contributed by atoms with Crippen LogP contribution in [0.3, 0.4) is 0 Å². The van der Waals surface area contributed by atoms with E-state index in [1.807, 2.05) is 58.6 Å². The molecule has 2 aromatic heterocycles. The second-order valence-corrected chi connectivity index (χ2v) is 13.5. The number of fused-ring (bicyclic) bond motifs is 1. The summed E-state index contributed by atoms with van der Waals surface area (Å²) in [5.41, 5.74) is 6.14. The molecule has 1 atom stereocenters. The summed E-state index contributed by atoms with van der Waals surface area (Å²) in [6.45, 7) is 5.07. The molecule has 0 amide bonds. The molecule has 0 saturated carbocycles. The van der Waals surface area contributed by atoms with Crippen molar-refractivity contribution in [2.24, 2.45) is 5.41 Å². The minimum Gasteiger partial charge on any atom is -0.489 e. The van der Waals surface area contributed by atoms with E-state index in [1.54, 1.807) is 6.20 Å². The van der Waals surface area contributed by atoms with Gasteiger partial charge in [-0.15, -0.1) is 0 Å². The molecule has 9 heteroatoms. The molecule has 0 radical (unpaired) electrons. The lowest BCUT2D eigenvalue weighted by Crippen LogP contribution is -2.66. The predicted octanol–water partition coefficient (Wildman–Crippen LogP) is 6.21. The van der Waals surface area contributed by atoms with E-state index >= 15 is 0 Å². The van der Waals surface area contributed by atoms with Gasteiger partial charge in [0, 0.05) is 43.2 Å². The Bertz CT molecular complexity index is 1930. The summed E-state index contributed by atoms with van der Waals surface area (Å²) in [7, 11) is -1.54. The van der Waals surface area contributed by atoms with Crippen molar-refractivity contribution in [2.75, 3.05) is 44.4 Å². The third-order valence-corrected chi connectivity index (χ3v) is 10.4. The zero-order valence-corrected chi connectivity index (χ0v) is 25.5. The molecule has 3 saturated heterocycles. The van der Waals surface area contributed by atoms with Crippen LogP contribution in [0.4, 0.5) is 5.69 Å². The molecule has 1 spiro atoms. The smallest absolute Gasteiger partial charge is 0.158 e. The van der Waals surface area contributed by atoms with Crippen molar-refractivity contribution in [3.05, 3.63) is 96.7 Å². The Hall–Kier alpha value is -4.49. The molecule has 0 bridgehead atoms. The molecule has 45 heavy (non-hydrogen) atoms. The topological polar surface area (TPSA) is 89.6 Å². The number of hydrogen-bond donors (Lipinski definition) is 0. The fourth-order valence-corrected chi connectivity index (χ4v) is 7.80. The Morgan fingerprint density at radius 3 is 2.38 bits per heavy atom. The maximum atomic E-state index is 14.2. The van der Waals surface area contributed by atoms with E-state index in [0.29, 0.717) is 40.5 Å². The van der Waals surface area contributed by atoms with Gasteiger partial charge in [-0.05, 0) is 65.2 Å². The monoisotopic (exact) mass is 616 g/mol. The molecule has 1 unspecified atom stereocenters. The molecule has 3 aliphatic rings. The Morgan fingerprint density at radius 1 is 0.911 bits per heavy atom. The maximum absolute atomic E-state index is 14.2. The van der Waals surface area contributed by atoms with Gasteiger partial charge in [0.2, 0.25) is 0 Å². The molecule has 0 N–H and O–H groups in total. The molecule has 3 aromatic carbocycles. The van der Waals surface area contributed by atoms with E-state index in [-0.39, 0.29) is 6.10 Å².